The number of carbonyl (C=O) groups excluding carboxylic acids is 1. The Morgan fingerprint density at radius 1 is 1.47 bits per heavy atom. The molecule has 0 radical (unpaired) electrons. The number of amides is 1. The Morgan fingerprint density at radius 3 is 2.74 bits per heavy atom. The number of rotatable bonds is 2. The van der Waals surface area contributed by atoms with Gasteiger partial charge in [-0.25, -0.2) is 0 Å². The van der Waals surface area contributed by atoms with Gasteiger partial charge in [0.15, 0.2) is 5.82 Å². The quantitative estimate of drug-likeness (QED) is 0.753. The van der Waals surface area contributed by atoms with Gasteiger partial charge in [0.1, 0.15) is 17.5 Å². The van der Waals surface area contributed by atoms with Crippen LogP contribution >= 0.6 is 0 Å². The summed E-state index contributed by atoms with van der Waals surface area (Å²) in [7, 11) is 0. The van der Waals surface area contributed by atoms with Crippen molar-refractivity contribution in [3.8, 4) is 6.07 Å². The van der Waals surface area contributed by atoms with Gasteiger partial charge in [-0.3, -0.25) is 4.79 Å². The fraction of sp³-hybridized carbons (Fsp3) is 0.455. The molecule has 3 N–H and O–H groups in total. The number of morpholine rings is 1. The fourth-order valence-corrected chi connectivity index (χ4v) is 1.74. The van der Waals surface area contributed by atoms with Crippen molar-refractivity contribution in [2.75, 3.05) is 42.3 Å². The van der Waals surface area contributed by atoms with Crippen molar-refractivity contribution in [3.05, 3.63) is 5.56 Å². The minimum absolute atomic E-state index is 0.0581. The lowest BCUT2D eigenvalue weighted by Crippen LogP contribution is -2.37. The Balaban J connectivity index is 2.37. The Morgan fingerprint density at radius 2 is 2.16 bits per heavy atom. The molecule has 2 rings (SSSR count). The molecule has 0 atom stereocenters. The molecule has 0 bridgehead atoms. The van der Waals surface area contributed by atoms with Crippen LogP contribution in [-0.4, -0.2) is 42.2 Å². The Kier molecular flexibility index (Phi) is 3.77. The van der Waals surface area contributed by atoms with Crippen molar-refractivity contribution in [1.29, 1.82) is 5.26 Å². The number of nitrogen functional groups attached to an aromatic ring is 1. The molecule has 8 heteroatoms. The van der Waals surface area contributed by atoms with Gasteiger partial charge in [0.25, 0.3) is 0 Å². The smallest absolute Gasteiger partial charge is 0.229 e. The maximum absolute atomic E-state index is 11.1. The minimum Gasteiger partial charge on any atom is -0.382 e. The number of carbonyl (C=O) groups is 1. The Hall–Kier alpha value is -2.40. The number of ether oxygens (including phenoxy) is 1. The number of hydrogen-bond acceptors (Lipinski definition) is 7. The maximum Gasteiger partial charge on any atom is 0.229 e. The van der Waals surface area contributed by atoms with E-state index in [9.17, 15) is 4.79 Å². The van der Waals surface area contributed by atoms with Gasteiger partial charge < -0.3 is 20.7 Å². The molecule has 0 aliphatic carbocycles. The van der Waals surface area contributed by atoms with E-state index in [-0.39, 0.29) is 23.1 Å². The molecule has 1 aromatic rings. The van der Waals surface area contributed by atoms with E-state index in [1.54, 1.807) is 0 Å². The van der Waals surface area contributed by atoms with Gasteiger partial charge in [-0.2, -0.15) is 15.2 Å². The van der Waals surface area contributed by atoms with Crippen molar-refractivity contribution >= 4 is 23.5 Å². The van der Waals surface area contributed by atoms with Gasteiger partial charge in [-0.15, -0.1) is 0 Å². The monoisotopic (exact) mass is 262 g/mol. The van der Waals surface area contributed by atoms with E-state index in [1.165, 1.54) is 6.92 Å². The van der Waals surface area contributed by atoms with Gasteiger partial charge in [-0.1, -0.05) is 0 Å². The standard InChI is InChI=1S/C11H14N6O2/c1-7(18)14-10-8(6-12)9(13)15-11(16-10)17-2-4-19-5-3-17/h2-5H2,1H3,(H3,13,14,15,16,18). The lowest BCUT2D eigenvalue weighted by Gasteiger charge is -2.27. The van der Waals surface area contributed by atoms with Gasteiger partial charge in [0.2, 0.25) is 11.9 Å². The average Bonchev–Trinajstić information content (AvgIpc) is 2.38. The Bertz CT molecular complexity index is 533. The average molecular weight is 262 g/mol. The molecule has 1 saturated heterocycles. The normalized spacial score (nSPS) is 14.8. The molecule has 0 unspecified atom stereocenters. The summed E-state index contributed by atoms with van der Waals surface area (Å²) in [5.74, 6) is 0.276. The first kappa shape index (κ1) is 13.0. The highest BCUT2D eigenvalue weighted by molar-refractivity contribution is 5.90. The van der Waals surface area contributed by atoms with Crippen molar-refractivity contribution in [1.82, 2.24) is 9.97 Å². The summed E-state index contributed by atoms with van der Waals surface area (Å²) in [5, 5.41) is 11.5. The molecule has 0 saturated carbocycles. The summed E-state index contributed by atoms with van der Waals surface area (Å²) in [4.78, 5) is 21.3. The summed E-state index contributed by atoms with van der Waals surface area (Å²) in [5.41, 5.74) is 5.81. The van der Waals surface area contributed by atoms with E-state index < -0.39 is 0 Å². The zero-order valence-corrected chi connectivity index (χ0v) is 10.5. The number of nitriles is 1. The van der Waals surface area contributed by atoms with Crippen LogP contribution in [0.5, 0.6) is 0 Å². The molecule has 100 valence electrons. The third kappa shape index (κ3) is 2.89. The van der Waals surface area contributed by atoms with Crippen LogP contribution in [0.4, 0.5) is 17.6 Å². The molecule has 0 aromatic carbocycles. The van der Waals surface area contributed by atoms with Crippen LogP contribution in [0.2, 0.25) is 0 Å². The number of nitrogens with zero attached hydrogens (tertiary/aromatic N) is 4. The number of anilines is 3. The summed E-state index contributed by atoms with van der Waals surface area (Å²) < 4.78 is 5.24. The molecule has 1 aliphatic rings. The zero-order chi connectivity index (χ0) is 13.8. The molecule has 1 aromatic heterocycles. The molecule has 0 spiro atoms. The van der Waals surface area contributed by atoms with E-state index in [4.69, 9.17) is 15.7 Å². The highest BCUT2D eigenvalue weighted by atomic mass is 16.5. The third-order valence-corrected chi connectivity index (χ3v) is 2.63. The topological polar surface area (TPSA) is 117 Å². The molecule has 8 nitrogen and oxygen atoms in total. The van der Waals surface area contributed by atoms with Crippen LogP contribution in [0, 0.1) is 11.3 Å². The van der Waals surface area contributed by atoms with Gasteiger partial charge in [-0.05, 0) is 0 Å². The first-order valence-corrected chi connectivity index (χ1v) is 5.79. The SMILES string of the molecule is CC(=O)Nc1nc(N2CCOCC2)nc(N)c1C#N. The zero-order valence-electron chi connectivity index (χ0n) is 10.5. The maximum atomic E-state index is 11.1. The van der Waals surface area contributed by atoms with E-state index in [2.05, 4.69) is 15.3 Å². The van der Waals surface area contributed by atoms with Crippen LogP contribution in [0.1, 0.15) is 12.5 Å². The van der Waals surface area contributed by atoms with Crippen LogP contribution in [0.25, 0.3) is 0 Å². The van der Waals surface area contributed by atoms with Crippen LogP contribution in [0.15, 0.2) is 0 Å². The van der Waals surface area contributed by atoms with Crippen LogP contribution < -0.4 is 16.0 Å². The molecule has 1 aliphatic heterocycles. The molecule has 19 heavy (non-hydrogen) atoms. The van der Waals surface area contributed by atoms with Crippen molar-refractivity contribution in [3.63, 3.8) is 0 Å². The van der Waals surface area contributed by atoms with Crippen molar-refractivity contribution in [2.45, 2.75) is 6.92 Å². The summed E-state index contributed by atoms with van der Waals surface area (Å²) in [6, 6.07) is 1.89. The van der Waals surface area contributed by atoms with Crippen molar-refractivity contribution < 1.29 is 9.53 Å². The van der Waals surface area contributed by atoms with Crippen molar-refractivity contribution in [2.24, 2.45) is 0 Å². The fourth-order valence-electron chi connectivity index (χ4n) is 1.74. The summed E-state index contributed by atoms with van der Waals surface area (Å²) in [6.45, 7) is 3.79. The summed E-state index contributed by atoms with van der Waals surface area (Å²) >= 11 is 0. The number of hydrogen-bond donors (Lipinski definition) is 2. The van der Waals surface area contributed by atoms with Gasteiger partial charge in [0, 0.05) is 20.0 Å². The predicted octanol–water partition coefficient (Wildman–Crippen LogP) is -0.275. The number of nitrogens with two attached hydrogens (primary N) is 1. The van der Waals surface area contributed by atoms with E-state index in [1.807, 2.05) is 11.0 Å². The second kappa shape index (κ2) is 5.49. The second-order valence-corrected chi connectivity index (χ2v) is 4.02. The van der Waals surface area contributed by atoms with Gasteiger partial charge >= 0.3 is 0 Å². The summed E-state index contributed by atoms with van der Waals surface area (Å²) in [6.07, 6.45) is 0. The minimum atomic E-state index is -0.317. The molecule has 1 fully saturated rings. The predicted molar refractivity (Wildman–Crippen MR) is 68.5 cm³/mol. The lowest BCUT2D eigenvalue weighted by molar-refractivity contribution is -0.114. The Labute approximate surface area is 110 Å². The highest BCUT2D eigenvalue weighted by Crippen LogP contribution is 2.22. The van der Waals surface area contributed by atoms with Crippen LogP contribution in [-0.2, 0) is 9.53 Å². The first-order valence-electron chi connectivity index (χ1n) is 5.79. The first-order chi connectivity index (χ1) is 9.11. The third-order valence-electron chi connectivity index (χ3n) is 2.63. The number of aromatic nitrogens is 2. The van der Waals surface area contributed by atoms with E-state index in [0.717, 1.165) is 0 Å². The number of nitrogens with one attached hydrogen (secondary N) is 1. The second-order valence-electron chi connectivity index (χ2n) is 4.02. The molecule has 2 heterocycles. The molecular formula is C11H14N6O2. The molecular weight excluding hydrogens is 248 g/mol. The van der Waals surface area contributed by atoms with Crippen LogP contribution in [0.3, 0.4) is 0 Å². The van der Waals surface area contributed by atoms with E-state index >= 15 is 0 Å². The highest BCUT2D eigenvalue weighted by Gasteiger charge is 2.19. The largest absolute Gasteiger partial charge is 0.382 e. The van der Waals surface area contributed by atoms with Gasteiger partial charge in [0.05, 0.1) is 13.2 Å². The molecule has 1 amide bonds. The lowest BCUT2D eigenvalue weighted by atomic mass is 10.3. The van der Waals surface area contributed by atoms with E-state index in [0.29, 0.717) is 32.3 Å².